The topological polar surface area (TPSA) is 30.7 Å². The molecule has 3 rings (SSSR count). The number of hydrogen-bond donors (Lipinski definition) is 0. The molecule has 3 aromatic rings. The third-order valence-electron chi connectivity index (χ3n) is 2.16. The normalized spacial score (nSPS) is 10.1. The molecule has 0 unspecified atom stereocenters. The van der Waals surface area contributed by atoms with Crippen LogP contribution in [0.2, 0.25) is 0 Å². The predicted molar refractivity (Wildman–Crippen MR) is 56.5 cm³/mol. The third kappa shape index (κ3) is 1.32. The van der Waals surface area contributed by atoms with E-state index in [1.54, 1.807) is 16.9 Å². The van der Waals surface area contributed by atoms with Gasteiger partial charge in [-0.1, -0.05) is 24.3 Å². The van der Waals surface area contributed by atoms with Crippen molar-refractivity contribution in [3.8, 4) is 5.69 Å². The molecular weight excluding hydrogens is 186 g/mol. The molecule has 3 heteroatoms. The Morgan fingerprint density at radius 2 is 1.67 bits per heavy atom. The fourth-order valence-corrected chi connectivity index (χ4v) is 1.44. The van der Waals surface area contributed by atoms with Crippen molar-refractivity contribution in [2.75, 3.05) is 0 Å². The van der Waals surface area contributed by atoms with E-state index in [1.807, 2.05) is 30.3 Å². The lowest BCUT2D eigenvalue weighted by Crippen LogP contribution is -1.96. The van der Waals surface area contributed by atoms with Crippen LogP contribution in [0.5, 0.6) is 0 Å². The van der Waals surface area contributed by atoms with E-state index in [-0.39, 0.29) is 0 Å². The molecule has 0 fully saturated rings. The van der Waals surface area contributed by atoms with Gasteiger partial charge in [0.15, 0.2) is 0 Å². The van der Waals surface area contributed by atoms with Crippen LogP contribution < -0.4 is 0 Å². The van der Waals surface area contributed by atoms with Crippen LogP contribution in [0.4, 0.5) is 0 Å². The summed E-state index contributed by atoms with van der Waals surface area (Å²) in [5.74, 6) is 0. The SMILES string of the molecule is c1ccc(-n2nc3ccccc3n2)cc#1. The summed E-state index contributed by atoms with van der Waals surface area (Å²) in [6.07, 6.45) is 0. The van der Waals surface area contributed by atoms with Gasteiger partial charge in [0.25, 0.3) is 0 Å². The minimum Gasteiger partial charge on any atom is -0.150 e. The molecule has 0 amide bonds. The van der Waals surface area contributed by atoms with Crippen molar-refractivity contribution in [3.05, 3.63) is 54.6 Å². The zero-order chi connectivity index (χ0) is 10.1. The molecule has 0 saturated heterocycles. The first-order chi connectivity index (χ1) is 7.43. The molecule has 0 radical (unpaired) electrons. The van der Waals surface area contributed by atoms with Crippen molar-refractivity contribution in [2.24, 2.45) is 0 Å². The molecule has 0 aliphatic carbocycles. The van der Waals surface area contributed by atoms with E-state index in [2.05, 4.69) is 22.3 Å². The Labute approximate surface area is 87.0 Å². The summed E-state index contributed by atoms with van der Waals surface area (Å²) in [6, 6.07) is 19.0. The van der Waals surface area contributed by atoms with Crippen LogP contribution in [0.1, 0.15) is 0 Å². The maximum Gasteiger partial charge on any atom is 0.113 e. The smallest absolute Gasteiger partial charge is 0.113 e. The Morgan fingerprint density at radius 3 is 2.27 bits per heavy atom. The van der Waals surface area contributed by atoms with Crippen LogP contribution in [0, 0.1) is 12.1 Å². The number of nitrogens with zero attached hydrogens (tertiary/aromatic N) is 3. The van der Waals surface area contributed by atoms with Gasteiger partial charge in [-0.25, -0.2) is 0 Å². The Morgan fingerprint density at radius 1 is 0.933 bits per heavy atom. The minimum absolute atomic E-state index is 0.893. The maximum atomic E-state index is 4.35. The highest BCUT2D eigenvalue weighted by atomic mass is 15.5. The van der Waals surface area contributed by atoms with Gasteiger partial charge in [0.2, 0.25) is 0 Å². The Balaban J connectivity index is 2.21. The predicted octanol–water partition coefficient (Wildman–Crippen LogP) is 2.02. The summed E-state index contributed by atoms with van der Waals surface area (Å²) in [6.45, 7) is 0. The quantitative estimate of drug-likeness (QED) is 0.592. The van der Waals surface area contributed by atoms with E-state index >= 15 is 0 Å². The standard InChI is InChI=1S/C12H7N3/c1-2-6-10(7-3-1)15-13-11-8-4-5-9-12(11)14-15/h2,4-9H. The van der Waals surface area contributed by atoms with Gasteiger partial charge in [0.1, 0.15) is 11.0 Å². The highest BCUT2D eigenvalue weighted by Crippen LogP contribution is 2.10. The van der Waals surface area contributed by atoms with E-state index in [9.17, 15) is 0 Å². The van der Waals surface area contributed by atoms with Crippen molar-refractivity contribution in [3.63, 3.8) is 0 Å². The Bertz CT molecular complexity index is 551. The lowest BCUT2D eigenvalue weighted by molar-refractivity contribution is 0.766. The molecule has 0 N–H and O–H groups in total. The van der Waals surface area contributed by atoms with Crippen molar-refractivity contribution in [1.82, 2.24) is 15.0 Å². The van der Waals surface area contributed by atoms with Crippen molar-refractivity contribution >= 4 is 11.0 Å². The van der Waals surface area contributed by atoms with E-state index in [4.69, 9.17) is 0 Å². The van der Waals surface area contributed by atoms with Crippen LogP contribution >= 0.6 is 0 Å². The zero-order valence-corrected chi connectivity index (χ0v) is 7.88. The van der Waals surface area contributed by atoms with Gasteiger partial charge in [0, 0.05) is 6.07 Å². The minimum atomic E-state index is 0.893. The molecule has 0 spiro atoms. The second-order valence-electron chi connectivity index (χ2n) is 3.17. The fourth-order valence-electron chi connectivity index (χ4n) is 1.44. The van der Waals surface area contributed by atoms with Crippen molar-refractivity contribution < 1.29 is 0 Å². The largest absolute Gasteiger partial charge is 0.150 e. The molecule has 0 aliphatic heterocycles. The molecule has 0 saturated carbocycles. The molecular formula is C12H7N3. The zero-order valence-electron chi connectivity index (χ0n) is 7.88. The van der Waals surface area contributed by atoms with Crippen LogP contribution in [0.3, 0.4) is 0 Å². The molecule has 0 atom stereocenters. The summed E-state index contributed by atoms with van der Waals surface area (Å²) < 4.78 is 0. The van der Waals surface area contributed by atoms with Gasteiger partial charge in [-0.05, 0) is 24.3 Å². The lowest BCUT2D eigenvalue weighted by Gasteiger charge is -1.93. The van der Waals surface area contributed by atoms with E-state index in [1.165, 1.54) is 0 Å². The summed E-state index contributed by atoms with van der Waals surface area (Å²) in [5, 5.41) is 8.71. The van der Waals surface area contributed by atoms with Gasteiger partial charge in [-0.3, -0.25) is 0 Å². The molecule has 1 heterocycles. The van der Waals surface area contributed by atoms with Crippen molar-refractivity contribution in [2.45, 2.75) is 0 Å². The van der Waals surface area contributed by atoms with Crippen LogP contribution in [-0.2, 0) is 0 Å². The molecule has 1 aromatic heterocycles. The average Bonchev–Trinajstić information content (AvgIpc) is 2.74. The molecule has 15 heavy (non-hydrogen) atoms. The Kier molecular flexibility index (Phi) is 1.66. The maximum absolute atomic E-state index is 4.35. The summed E-state index contributed by atoms with van der Waals surface area (Å²) in [5.41, 5.74) is 2.68. The lowest BCUT2D eigenvalue weighted by atomic mass is 10.3. The van der Waals surface area contributed by atoms with Gasteiger partial charge in [-0.2, -0.15) is 0 Å². The monoisotopic (exact) mass is 193 g/mol. The van der Waals surface area contributed by atoms with E-state index < -0.39 is 0 Å². The number of hydrogen-bond acceptors (Lipinski definition) is 2. The average molecular weight is 193 g/mol. The van der Waals surface area contributed by atoms with Gasteiger partial charge in [-0.15, -0.1) is 15.0 Å². The fraction of sp³-hybridized carbons (Fsp3) is 0. The second kappa shape index (κ2) is 3.10. The summed E-state index contributed by atoms with van der Waals surface area (Å²) in [4.78, 5) is 1.61. The molecule has 70 valence electrons. The second-order valence-corrected chi connectivity index (χ2v) is 3.17. The summed E-state index contributed by atoms with van der Waals surface area (Å²) in [7, 11) is 0. The van der Waals surface area contributed by atoms with Gasteiger partial charge in [0.05, 0.1) is 5.69 Å². The Hall–Kier alpha value is -2.34. The van der Waals surface area contributed by atoms with Crippen molar-refractivity contribution in [1.29, 1.82) is 0 Å². The number of fused-ring (bicyclic) bond motifs is 1. The van der Waals surface area contributed by atoms with Crippen LogP contribution in [0.15, 0.2) is 42.5 Å². The molecule has 0 aliphatic rings. The van der Waals surface area contributed by atoms with Gasteiger partial charge < -0.3 is 0 Å². The highest BCUT2D eigenvalue weighted by Gasteiger charge is 2.01. The van der Waals surface area contributed by atoms with Crippen LogP contribution in [0.25, 0.3) is 16.7 Å². The first kappa shape index (κ1) is 8.01. The molecule has 3 nitrogen and oxygen atoms in total. The highest BCUT2D eigenvalue weighted by molar-refractivity contribution is 5.73. The molecule has 0 bridgehead atoms. The summed E-state index contributed by atoms with van der Waals surface area (Å²) >= 11 is 0. The first-order valence-corrected chi connectivity index (χ1v) is 4.64. The van der Waals surface area contributed by atoms with E-state index in [0.717, 1.165) is 16.7 Å². The third-order valence-corrected chi connectivity index (χ3v) is 2.16. The number of aromatic nitrogens is 3. The van der Waals surface area contributed by atoms with E-state index in [0.29, 0.717) is 0 Å². The number of benzene rings is 1. The molecule has 2 aromatic carbocycles. The van der Waals surface area contributed by atoms with Crippen LogP contribution in [-0.4, -0.2) is 15.0 Å². The first-order valence-electron chi connectivity index (χ1n) is 4.64. The van der Waals surface area contributed by atoms with Gasteiger partial charge >= 0.3 is 0 Å². The number of rotatable bonds is 1.